The molecule has 1 aromatic rings. The zero-order valence-electron chi connectivity index (χ0n) is 14.6. The van der Waals surface area contributed by atoms with Crippen LogP contribution in [0.15, 0.2) is 18.2 Å². The summed E-state index contributed by atoms with van der Waals surface area (Å²) in [5.41, 5.74) is 6.43. The molecule has 0 radical (unpaired) electrons. The van der Waals surface area contributed by atoms with E-state index in [1.807, 2.05) is 18.2 Å². The molecule has 1 aromatic carbocycles. The maximum atomic E-state index is 12.0. The molecule has 0 saturated carbocycles. The number of unbranched alkanes of at least 4 members (excludes halogenated alkanes) is 3. The molecule has 0 saturated heterocycles. The van der Waals surface area contributed by atoms with Crippen LogP contribution in [0, 0.1) is 0 Å². The minimum atomic E-state index is -0.157. The number of nitrogens with one attached hydrogen (secondary N) is 1. The fourth-order valence-corrected chi connectivity index (χ4v) is 2.61. The molecule has 1 heterocycles. The number of halogens is 1. The third-order valence-corrected chi connectivity index (χ3v) is 4.24. The van der Waals surface area contributed by atoms with Crippen LogP contribution >= 0.6 is 12.4 Å². The number of ether oxygens (including phenoxy) is 2. The highest BCUT2D eigenvalue weighted by Crippen LogP contribution is 2.36. The smallest absolute Gasteiger partial charge is 0.231 e. The fraction of sp³-hybridized carbons (Fsp3) is 0.611. The van der Waals surface area contributed by atoms with E-state index in [2.05, 4.69) is 19.2 Å². The van der Waals surface area contributed by atoms with Gasteiger partial charge in [-0.25, -0.2) is 0 Å². The van der Waals surface area contributed by atoms with Crippen LogP contribution in [0.4, 0.5) is 0 Å². The number of hydrogen-bond donors (Lipinski definition) is 2. The molecular weight excluding hydrogens is 328 g/mol. The first-order chi connectivity index (χ1) is 11.0. The van der Waals surface area contributed by atoms with Crippen molar-refractivity contribution in [2.24, 2.45) is 5.73 Å². The summed E-state index contributed by atoms with van der Waals surface area (Å²) in [4.78, 5) is 12.0. The second kappa shape index (κ2) is 9.74. The SMILES string of the molecule is CC(C)(CNC(=O)CCCCCCN)c1ccc2c(c1)OCO2.Cl. The monoisotopic (exact) mass is 356 g/mol. The van der Waals surface area contributed by atoms with Crippen LogP contribution in [0.3, 0.4) is 0 Å². The van der Waals surface area contributed by atoms with E-state index in [1.54, 1.807) is 0 Å². The number of hydrogen-bond acceptors (Lipinski definition) is 4. The quantitative estimate of drug-likeness (QED) is 0.666. The van der Waals surface area contributed by atoms with Crippen molar-refractivity contribution in [2.45, 2.75) is 51.4 Å². The van der Waals surface area contributed by atoms with Crippen LogP contribution in [0.1, 0.15) is 51.5 Å². The Labute approximate surface area is 150 Å². The molecule has 5 nitrogen and oxygen atoms in total. The van der Waals surface area contributed by atoms with E-state index < -0.39 is 0 Å². The standard InChI is InChI=1S/C18H28N2O3.ClH/c1-18(2,12-20-17(21)7-5-3-4-6-10-19)14-8-9-15-16(11-14)23-13-22-15;/h8-9,11H,3-7,10,12-13,19H2,1-2H3,(H,20,21);1H. The third kappa shape index (κ3) is 5.87. The number of rotatable bonds is 9. The summed E-state index contributed by atoms with van der Waals surface area (Å²) in [5.74, 6) is 1.68. The summed E-state index contributed by atoms with van der Waals surface area (Å²) in [6.45, 7) is 5.85. The molecule has 6 heteroatoms. The first kappa shape index (κ1) is 20.6. The van der Waals surface area contributed by atoms with Crippen LogP contribution in [0.25, 0.3) is 0 Å². The van der Waals surface area contributed by atoms with Crippen molar-refractivity contribution in [3.8, 4) is 11.5 Å². The van der Waals surface area contributed by atoms with Gasteiger partial charge in [-0.05, 0) is 37.1 Å². The van der Waals surface area contributed by atoms with Gasteiger partial charge >= 0.3 is 0 Å². The first-order valence-electron chi connectivity index (χ1n) is 8.40. The maximum Gasteiger partial charge on any atom is 0.231 e. The van der Waals surface area contributed by atoms with Gasteiger partial charge in [-0.1, -0.05) is 32.8 Å². The van der Waals surface area contributed by atoms with E-state index >= 15 is 0 Å². The molecule has 0 atom stereocenters. The van der Waals surface area contributed by atoms with E-state index in [1.165, 1.54) is 0 Å². The van der Waals surface area contributed by atoms with Gasteiger partial charge in [0.2, 0.25) is 12.7 Å². The highest BCUT2D eigenvalue weighted by atomic mass is 35.5. The average Bonchev–Trinajstić information content (AvgIpc) is 3.00. The molecule has 136 valence electrons. The van der Waals surface area contributed by atoms with Gasteiger partial charge in [-0.3, -0.25) is 4.79 Å². The van der Waals surface area contributed by atoms with Crippen LogP contribution in [-0.2, 0) is 10.2 Å². The van der Waals surface area contributed by atoms with Gasteiger partial charge in [-0.15, -0.1) is 12.4 Å². The van der Waals surface area contributed by atoms with E-state index in [-0.39, 0.29) is 30.5 Å². The topological polar surface area (TPSA) is 73.6 Å². The van der Waals surface area contributed by atoms with Crippen LogP contribution in [-0.4, -0.2) is 25.8 Å². The largest absolute Gasteiger partial charge is 0.454 e. The Hall–Kier alpha value is -1.46. The molecule has 0 fully saturated rings. The molecule has 0 spiro atoms. The molecule has 1 aliphatic rings. The van der Waals surface area contributed by atoms with Gasteiger partial charge in [0.25, 0.3) is 0 Å². The number of amides is 1. The molecule has 1 amide bonds. The summed E-state index contributed by atoms with van der Waals surface area (Å²) in [6, 6.07) is 5.96. The van der Waals surface area contributed by atoms with Crippen LogP contribution in [0.2, 0.25) is 0 Å². The minimum absolute atomic E-state index is 0. The summed E-state index contributed by atoms with van der Waals surface area (Å²) in [7, 11) is 0. The summed E-state index contributed by atoms with van der Waals surface area (Å²) in [5, 5.41) is 3.04. The lowest BCUT2D eigenvalue weighted by Gasteiger charge is -2.26. The van der Waals surface area contributed by atoms with Gasteiger partial charge in [0.05, 0.1) is 0 Å². The van der Waals surface area contributed by atoms with Crippen molar-refractivity contribution in [1.82, 2.24) is 5.32 Å². The zero-order valence-corrected chi connectivity index (χ0v) is 15.4. The Kier molecular flexibility index (Phi) is 8.36. The normalized spacial score (nSPS) is 12.6. The maximum absolute atomic E-state index is 12.0. The van der Waals surface area contributed by atoms with Crippen LogP contribution in [0.5, 0.6) is 11.5 Å². The minimum Gasteiger partial charge on any atom is -0.454 e. The van der Waals surface area contributed by atoms with E-state index in [0.717, 1.165) is 49.3 Å². The van der Waals surface area contributed by atoms with Gasteiger partial charge in [-0.2, -0.15) is 0 Å². The van der Waals surface area contributed by atoms with Crippen molar-refractivity contribution in [3.63, 3.8) is 0 Å². The lowest BCUT2D eigenvalue weighted by molar-refractivity contribution is -0.121. The second-order valence-electron chi connectivity index (χ2n) is 6.68. The van der Waals surface area contributed by atoms with E-state index in [0.29, 0.717) is 13.0 Å². The molecule has 24 heavy (non-hydrogen) atoms. The predicted molar refractivity (Wildman–Crippen MR) is 98.0 cm³/mol. The highest BCUT2D eigenvalue weighted by Gasteiger charge is 2.24. The van der Waals surface area contributed by atoms with Crippen molar-refractivity contribution in [2.75, 3.05) is 19.9 Å². The number of carbonyl (C=O) groups excluding carboxylic acids is 1. The molecule has 0 unspecified atom stereocenters. The molecule has 2 rings (SSSR count). The lowest BCUT2D eigenvalue weighted by atomic mass is 9.84. The first-order valence-corrected chi connectivity index (χ1v) is 8.40. The van der Waals surface area contributed by atoms with Crippen LogP contribution < -0.4 is 20.5 Å². The van der Waals surface area contributed by atoms with Gasteiger partial charge in [0, 0.05) is 18.4 Å². The Morgan fingerprint density at radius 2 is 1.88 bits per heavy atom. The highest BCUT2D eigenvalue weighted by molar-refractivity contribution is 5.85. The van der Waals surface area contributed by atoms with Gasteiger partial charge in [0.15, 0.2) is 11.5 Å². The summed E-state index contributed by atoms with van der Waals surface area (Å²) < 4.78 is 10.8. The van der Waals surface area contributed by atoms with Crippen molar-refractivity contribution < 1.29 is 14.3 Å². The van der Waals surface area contributed by atoms with Crippen molar-refractivity contribution >= 4 is 18.3 Å². The Balaban J connectivity index is 0.00000288. The molecule has 0 aromatic heterocycles. The molecule has 1 aliphatic heterocycles. The second-order valence-corrected chi connectivity index (χ2v) is 6.68. The lowest BCUT2D eigenvalue weighted by Crippen LogP contribution is -2.36. The number of fused-ring (bicyclic) bond motifs is 1. The molecular formula is C18H29ClN2O3. The van der Waals surface area contributed by atoms with E-state index in [4.69, 9.17) is 15.2 Å². The summed E-state index contributed by atoms with van der Waals surface area (Å²) in [6.07, 6.45) is 4.72. The Morgan fingerprint density at radius 3 is 2.62 bits per heavy atom. The average molecular weight is 357 g/mol. The van der Waals surface area contributed by atoms with Gasteiger partial charge in [0.1, 0.15) is 0 Å². The third-order valence-electron chi connectivity index (χ3n) is 4.24. The number of benzene rings is 1. The molecule has 3 N–H and O–H groups in total. The predicted octanol–water partition coefficient (Wildman–Crippen LogP) is 3.14. The Morgan fingerprint density at radius 1 is 1.17 bits per heavy atom. The molecule has 0 bridgehead atoms. The van der Waals surface area contributed by atoms with Gasteiger partial charge < -0.3 is 20.5 Å². The number of carbonyl (C=O) groups is 1. The zero-order chi connectivity index (χ0) is 16.7. The summed E-state index contributed by atoms with van der Waals surface area (Å²) >= 11 is 0. The number of nitrogens with two attached hydrogens (primary N) is 1. The van der Waals surface area contributed by atoms with Crippen molar-refractivity contribution in [3.05, 3.63) is 23.8 Å². The fourth-order valence-electron chi connectivity index (χ4n) is 2.61. The Bertz CT molecular complexity index is 535. The van der Waals surface area contributed by atoms with Crippen molar-refractivity contribution in [1.29, 1.82) is 0 Å². The van der Waals surface area contributed by atoms with E-state index in [9.17, 15) is 4.79 Å². The molecule has 0 aliphatic carbocycles.